The van der Waals surface area contributed by atoms with Gasteiger partial charge in [0.15, 0.2) is 11.5 Å². The van der Waals surface area contributed by atoms with Crippen molar-refractivity contribution < 1.29 is 9.47 Å². The molecule has 0 aliphatic heterocycles. The summed E-state index contributed by atoms with van der Waals surface area (Å²) < 4.78 is 11.4. The second kappa shape index (κ2) is 8.65. The molecule has 124 valence electrons. The summed E-state index contributed by atoms with van der Waals surface area (Å²) in [4.78, 5) is 0. The van der Waals surface area contributed by atoms with E-state index in [-0.39, 0.29) is 6.10 Å². The van der Waals surface area contributed by atoms with Gasteiger partial charge in [-0.25, -0.2) is 5.43 Å². The number of rotatable bonds is 8. The SMILES string of the molecule is CCOc1cc(CNNc2ccccc2)c(Cl)cc1OC(C)C. The van der Waals surface area contributed by atoms with E-state index >= 15 is 0 Å². The number of benzene rings is 2. The first-order valence-electron chi connectivity index (χ1n) is 7.76. The van der Waals surface area contributed by atoms with Gasteiger partial charge in [-0.3, -0.25) is 0 Å². The van der Waals surface area contributed by atoms with Crippen LogP contribution >= 0.6 is 11.6 Å². The molecular formula is C18H23ClN2O2. The summed E-state index contributed by atoms with van der Waals surface area (Å²) in [5, 5.41) is 0.645. The van der Waals surface area contributed by atoms with Gasteiger partial charge in [0, 0.05) is 23.3 Å². The minimum absolute atomic E-state index is 0.0639. The second-order valence-corrected chi connectivity index (χ2v) is 5.74. The van der Waals surface area contributed by atoms with E-state index in [1.165, 1.54) is 0 Å². The number of ether oxygens (including phenoxy) is 2. The summed E-state index contributed by atoms with van der Waals surface area (Å²) in [5.41, 5.74) is 8.23. The molecule has 2 aromatic rings. The lowest BCUT2D eigenvalue weighted by atomic mass is 10.2. The zero-order valence-corrected chi connectivity index (χ0v) is 14.5. The Morgan fingerprint density at radius 1 is 1.09 bits per heavy atom. The third kappa shape index (κ3) is 5.34. The fourth-order valence-electron chi connectivity index (χ4n) is 2.09. The lowest BCUT2D eigenvalue weighted by Gasteiger charge is -2.17. The Kier molecular flexibility index (Phi) is 6.56. The second-order valence-electron chi connectivity index (χ2n) is 5.33. The molecule has 0 heterocycles. The molecule has 0 radical (unpaired) electrons. The van der Waals surface area contributed by atoms with Crippen LogP contribution in [0.2, 0.25) is 5.02 Å². The summed E-state index contributed by atoms with van der Waals surface area (Å²) in [6.45, 7) is 7.04. The Bertz CT molecular complexity index is 618. The summed E-state index contributed by atoms with van der Waals surface area (Å²) in [6.07, 6.45) is 0.0639. The van der Waals surface area contributed by atoms with Gasteiger partial charge in [-0.05, 0) is 44.5 Å². The van der Waals surface area contributed by atoms with Crippen LogP contribution in [0, 0.1) is 0 Å². The topological polar surface area (TPSA) is 42.5 Å². The van der Waals surface area contributed by atoms with Gasteiger partial charge < -0.3 is 14.9 Å². The van der Waals surface area contributed by atoms with E-state index in [0.29, 0.717) is 29.7 Å². The molecule has 0 aliphatic carbocycles. The monoisotopic (exact) mass is 334 g/mol. The highest BCUT2D eigenvalue weighted by Gasteiger charge is 2.12. The quantitative estimate of drug-likeness (QED) is 0.690. The van der Waals surface area contributed by atoms with Crippen LogP contribution in [0.25, 0.3) is 0 Å². The van der Waals surface area contributed by atoms with Crippen LogP contribution in [0.1, 0.15) is 26.3 Å². The van der Waals surface area contributed by atoms with Crippen LogP contribution in [0.15, 0.2) is 42.5 Å². The van der Waals surface area contributed by atoms with Crippen molar-refractivity contribution in [1.29, 1.82) is 0 Å². The molecule has 2 aromatic carbocycles. The standard InChI is InChI=1S/C18H23ClN2O2/c1-4-22-17-10-14(16(19)11-18(17)23-13(2)3)12-20-21-15-8-6-5-7-9-15/h5-11,13,20-21H,4,12H2,1-3H3. The van der Waals surface area contributed by atoms with Crippen LogP contribution in [-0.4, -0.2) is 12.7 Å². The number of hydrazine groups is 1. The van der Waals surface area contributed by atoms with E-state index in [9.17, 15) is 0 Å². The highest BCUT2D eigenvalue weighted by atomic mass is 35.5. The summed E-state index contributed by atoms with van der Waals surface area (Å²) in [7, 11) is 0. The lowest BCUT2D eigenvalue weighted by molar-refractivity contribution is 0.223. The molecule has 0 aromatic heterocycles. The first-order valence-corrected chi connectivity index (χ1v) is 8.13. The van der Waals surface area contributed by atoms with Crippen LogP contribution in [0.3, 0.4) is 0 Å². The smallest absolute Gasteiger partial charge is 0.163 e. The number of halogens is 1. The van der Waals surface area contributed by atoms with Gasteiger partial charge in [0.05, 0.1) is 12.7 Å². The van der Waals surface area contributed by atoms with Gasteiger partial charge in [0.2, 0.25) is 0 Å². The summed E-state index contributed by atoms with van der Waals surface area (Å²) >= 11 is 6.36. The predicted molar refractivity (Wildman–Crippen MR) is 95.3 cm³/mol. The normalized spacial score (nSPS) is 10.7. The molecular weight excluding hydrogens is 312 g/mol. The van der Waals surface area contributed by atoms with Gasteiger partial charge in [0.1, 0.15) is 0 Å². The third-order valence-electron chi connectivity index (χ3n) is 3.06. The first kappa shape index (κ1) is 17.4. The van der Waals surface area contributed by atoms with Crippen LogP contribution in [0.5, 0.6) is 11.5 Å². The molecule has 4 nitrogen and oxygen atoms in total. The molecule has 0 amide bonds. The Hall–Kier alpha value is -1.91. The van der Waals surface area contributed by atoms with Crippen molar-refractivity contribution in [2.75, 3.05) is 12.0 Å². The first-order chi connectivity index (χ1) is 11.1. The molecule has 0 fully saturated rings. The van der Waals surface area contributed by atoms with Crippen molar-refractivity contribution in [3.63, 3.8) is 0 Å². The third-order valence-corrected chi connectivity index (χ3v) is 3.41. The van der Waals surface area contributed by atoms with Crippen molar-refractivity contribution >= 4 is 17.3 Å². The molecule has 0 atom stereocenters. The maximum Gasteiger partial charge on any atom is 0.163 e. The fourth-order valence-corrected chi connectivity index (χ4v) is 2.31. The maximum atomic E-state index is 6.36. The average molecular weight is 335 g/mol. The molecule has 0 unspecified atom stereocenters. The molecule has 0 saturated heterocycles. The van der Waals surface area contributed by atoms with E-state index in [1.807, 2.05) is 63.2 Å². The number of hydrogen-bond acceptors (Lipinski definition) is 4. The van der Waals surface area contributed by atoms with Gasteiger partial charge in [-0.2, -0.15) is 0 Å². The Labute approximate surface area is 142 Å². The molecule has 0 aliphatic rings. The van der Waals surface area contributed by atoms with Gasteiger partial charge in [-0.15, -0.1) is 0 Å². The average Bonchev–Trinajstić information content (AvgIpc) is 2.52. The van der Waals surface area contributed by atoms with Gasteiger partial charge in [0.25, 0.3) is 0 Å². The van der Waals surface area contributed by atoms with Gasteiger partial charge in [-0.1, -0.05) is 29.8 Å². The van der Waals surface area contributed by atoms with Crippen molar-refractivity contribution in [2.24, 2.45) is 0 Å². The lowest BCUT2D eigenvalue weighted by Crippen LogP contribution is -2.21. The minimum Gasteiger partial charge on any atom is -0.490 e. The van der Waals surface area contributed by atoms with E-state index in [2.05, 4.69) is 10.9 Å². The number of nitrogens with one attached hydrogen (secondary N) is 2. The maximum absolute atomic E-state index is 6.36. The van der Waals surface area contributed by atoms with Gasteiger partial charge >= 0.3 is 0 Å². The fraction of sp³-hybridized carbons (Fsp3) is 0.333. The van der Waals surface area contributed by atoms with Crippen LogP contribution < -0.4 is 20.3 Å². The Balaban J connectivity index is 2.07. The zero-order chi connectivity index (χ0) is 16.7. The summed E-state index contributed by atoms with van der Waals surface area (Å²) in [6, 6.07) is 13.6. The van der Waals surface area contributed by atoms with E-state index in [4.69, 9.17) is 21.1 Å². The highest BCUT2D eigenvalue weighted by molar-refractivity contribution is 6.31. The highest BCUT2D eigenvalue weighted by Crippen LogP contribution is 2.34. The zero-order valence-electron chi connectivity index (χ0n) is 13.7. The minimum atomic E-state index is 0.0639. The predicted octanol–water partition coefficient (Wildman–Crippen LogP) is 4.64. The Morgan fingerprint density at radius 2 is 1.83 bits per heavy atom. The van der Waals surface area contributed by atoms with Crippen molar-refractivity contribution in [1.82, 2.24) is 5.43 Å². The molecule has 0 bridgehead atoms. The summed E-state index contributed by atoms with van der Waals surface area (Å²) in [5.74, 6) is 1.38. The van der Waals surface area contributed by atoms with Crippen molar-refractivity contribution in [3.05, 3.63) is 53.1 Å². The molecule has 5 heteroatoms. The number of anilines is 1. The number of hydrogen-bond donors (Lipinski definition) is 2. The number of para-hydroxylation sites is 1. The molecule has 0 saturated carbocycles. The van der Waals surface area contributed by atoms with E-state index in [0.717, 1.165) is 11.3 Å². The Morgan fingerprint density at radius 3 is 2.48 bits per heavy atom. The van der Waals surface area contributed by atoms with Crippen LogP contribution in [0.4, 0.5) is 5.69 Å². The molecule has 2 rings (SSSR count). The van der Waals surface area contributed by atoms with E-state index in [1.54, 1.807) is 0 Å². The van der Waals surface area contributed by atoms with Crippen molar-refractivity contribution in [3.8, 4) is 11.5 Å². The van der Waals surface area contributed by atoms with E-state index < -0.39 is 0 Å². The van der Waals surface area contributed by atoms with Crippen LogP contribution in [-0.2, 0) is 6.54 Å². The largest absolute Gasteiger partial charge is 0.490 e. The van der Waals surface area contributed by atoms with Crippen molar-refractivity contribution in [2.45, 2.75) is 33.4 Å². The molecule has 0 spiro atoms. The molecule has 23 heavy (non-hydrogen) atoms. The molecule has 2 N–H and O–H groups in total.